The van der Waals surface area contributed by atoms with Gasteiger partial charge in [-0.3, -0.25) is 9.59 Å². The van der Waals surface area contributed by atoms with Gasteiger partial charge in [0.1, 0.15) is 12.4 Å². The molecule has 9 nitrogen and oxygen atoms in total. The van der Waals surface area contributed by atoms with Crippen LogP contribution in [-0.4, -0.2) is 63.5 Å². The van der Waals surface area contributed by atoms with Gasteiger partial charge in [0.05, 0.1) is 19.0 Å². The van der Waals surface area contributed by atoms with E-state index in [1.54, 1.807) is 29.2 Å². The number of hydrogen-bond acceptors (Lipinski definition) is 7. The molecule has 35 heavy (non-hydrogen) atoms. The van der Waals surface area contributed by atoms with Crippen LogP contribution in [0.2, 0.25) is 0 Å². The second-order valence-electron chi connectivity index (χ2n) is 8.07. The first-order valence-electron chi connectivity index (χ1n) is 11.5. The number of aromatic nitrogens is 3. The SMILES string of the molecule is CCn1c(COc2ccc(C)cc2)nnc1SCC(=O)Nc1cccc(C(=O)N2CCOCC2)c1. The summed E-state index contributed by atoms with van der Waals surface area (Å²) in [5.41, 5.74) is 2.29. The molecular weight excluding hydrogens is 466 g/mol. The molecule has 1 aliphatic heterocycles. The summed E-state index contributed by atoms with van der Waals surface area (Å²) >= 11 is 1.31. The predicted molar refractivity (Wildman–Crippen MR) is 134 cm³/mol. The maximum Gasteiger partial charge on any atom is 0.254 e. The van der Waals surface area contributed by atoms with E-state index in [1.807, 2.05) is 42.7 Å². The third-order valence-electron chi connectivity index (χ3n) is 5.52. The number of anilines is 1. The number of morpholine rings is 1. The summed E-state index contributed by atoms with van der Waals surface area (Å²) < 4.78 is 13.1. The van der Waals surface area contributed by atoms with Gasteiger partial charge in [0.15, 0.2) is 11.0 Å². The van der Waals surface area contributed by atoms with Crippen LogP contribution in [0.1, 0.15) is 28.7 Å². The summed E-state index contributed by atoms with van der Waals surface area (Å²) in [6.45, 7) is 7.21. The van der Waals surface area contributed by atoms with Gasteiger partial charge in [0.25, 0.3) is 5.91 Å². The highest BCUT2D eigenvalue weighted by Crippen LogP contribution is 2.20. The first-order chi connectivity index (χ1) is 17.0. The van der Waals surface area contributed by atoms with E-state index in [-0.39, 0.29) is 17.6 Å². The summed E-state index contributed by atoms with van der Waals surface area (Å²) in [5.74, 6) is 1.39. The van der Waals surface area contributed by atoms with Gasteiger partial charge in [0, 0.05) is 30.9 Å². The molecule has 1 aromatic heterocycles. The summed E-state index contributed by atoms with van der Waals surface area (Å²) in [7, 11) is 0. The van der Waals surface area contributed by atoms with Crippen LogP contribution in [-0.2, 0) is 22.7 Å². The quantitative estimate of drug-likeness (QED) is 0.454. The molecule has 4 rings (SSSR count). The molecule has 0 radical (unpaired) electrons. The molecule has 2 heterocycles. The molecule has 1 aliphatic rings. The van der Waals surface area contributed by atoms with Crippen molar-refractivity contribution in [2.45, 2.75) is 32.2 Å². The van der Waals surface area contributed by atoms with Crippen molar-refractivity contribution in [1.29, 1.82) is 0 Å². The Bertz CT molecular complexity index is 1160. The number of aryl methyl sites for hydroxylation is 1. The molecule has 3 aromatic rings. The van der Waals surface area contributed by atoms with Crippen LogP contribution in [0, 0.1) is 6.92 Å². The molecule has 184 valence electrons. The van der Waals surface area contributed by atoms with E-state index in [4.69, 9.17) is 9.47 Å². The van der Waals surface area contributed by atoms with Crippen LogP contribution in [0.25, 0.3) is 0 Å². The van der Waals surface area contributed by atoms with Gasteiger partial charge in [-0.1, -0.05) is 35.5 Å². The number of carbonyl (C=O) groups excluding carboxylic acids is 2. The Labute approximate surface area is 208 Å². The Hall–Kier alpha value is -3.37. The third kappa shape index (κ3) is 6.61. The lowest BCUT2D eigenvalue weighted by atomic mass is 10.1. The number of carbonyl (C=O) groups is 2. The number of amides is 2. The maximum absolute atomic E-state index is 12.7. The smallest absolute Gasteiger partial charge is 0.254 e. The van der Waals surface area contributed by atoms with Crippen molar-refractivity contribution in [3.05, 3.63) is 65.5 Å². The van der Waals surface area contributed by atoms with Crippen molar-refractivity contribution in [2.75, 3.05) is 37.4 Å². The topological polar surface area (TPSA) is 98.6 Å². The minimum absolute atomic E-state index is 0.0600. The first kappa shape index (κ1) is 24.7. The average Bonchev–Trinajstić information content (AvgIpc) is 3.29. The van der Waals surface area contributed by atoms with Crippen molar-refractivity contribution in [3.63, 3.8) is 0 Å². The second-order valence-corrected chi connectivity index (χ2v) is 9.01. The minimum atomic E-state index is -0.186. The van der Waals surface area contributed by atoms with Gasteiger partial charge in [0.2, 0.25) is 5.91 Å². The molecule has 0 bridgehead atoms. The Morgan fingerprint density at radius 3 is 2.63 bits per heavy atom. The van der Waals surface area contributed by atoms with Gasteiger partial charge in [-0.25, -0.2) is 0 Å². The fourth-order valence-corrected chi connectivity index (χ4v) is 4.46. The van der Waals surface area contributed by atoms with E-state index >= 15 is 0 Å². The lowest BCUT2D eigenvalue weighted by Gasteiger charge is -2.27. The van der Waals surface area contributed by atoms with Crippen LogP contribution in [0.5, 0.6) is 5.75 Å². The Balaban J connectivity index is 1.31. The average molecular weight is 496 g/mol. The molecule has 1 N–H and O–H groups in total. The molecule has 0 spiro atoms. The molecular formula is C25H29N5O4S. The largest absolute Gasteiger partial charge is 0.486 e. The zero-order chi connectivity index (χ0) is 24.6. The van der Waals surface area contributed by atoms with Crippen LogP contribution in [0.15, 0.2) is 53.7 Å². The third-order valence-corrected chi connectivity index (χ3v) is 6.49. The van der Waals surface area contributed by atoms with Gasteiger partial charge < -0.3 is 24.3 Å². The molecule has 1 fully saturated rings. The van der Waals surface area contributed by atoms with Crippen molar-refractivity contribution in [2.24, 2.45) is 0 Å². The zero-order valence-electron chi connectivity index (χ0n) is 19.9. The van der Waals surface area contributed by atoms with Crippen molar-refractivity contribution in [1.82, 2.24) is 19.7 Å². The Morgan fingerprint density at radius 1 is 1.11 bits per heavy atom. The number of ether oxygens (including phenoxy) is 2. The molecule has 0 saturated carbocycles. The molecule has 0 unspecified atom stereocenters. The van der Waals surface area contributed by atoms with Crippen molar-refractivity contribution in [3.8, 4) is 5.75 Å². The summed E-state index contributed by atoms with van der Waals surface area (Å²) in [6, 6.07) is 14.8. The number of nitrogens with zero attached hydrogens (tertiary/aromatic N) is 4. The molecule has 2 amide bonds. The van der Waals surface area contributed by atoms with Crippen LogP contribution in [0.4, 0.5) is 5.69 Å². The standard InChI is InChI=1S/C25H29N5O4S/c1-3-30-22(16-34-21-9-7-18(2)8-10-21)27-28-25(30)35-17-23(31)26-20-6-4-5-19(15-20)24(32)29-11-13-33-14-12-29/h4-10,15H,3,11-14,16-17H2,1-2H3,(H,26,31). The number of thioether (sulfide) groups is 1. The maximum atomic E-state index is 12.7. The Morgan fingerprint density at radius 2 is 1.89 bits per heavy atom. The normalized spacial score (nSPS) is 13.5. The van der Waals surface area contributed by atoms with Gasteiger partial charge >= 0.3 is 0 Å². The summed E-state index contributed by atoms with van der Waals surface area (Å²) in [6.07, 6.45) is 0. The second kappa shape index (κ2) is 11.9. The van der Waals surface area contributed by atoms with Gasteiger partial charge in [-0.2, -0.15) is 0 Å². The highest BCUT2D eigenvalue weighted by molar-refractivity contribution is 7.99. The number of hydrogen-bond donors (Lipinski definition) is 1. The number of nitrogens with one attached hydrogen (secondary N) is 1. The fraction of sp³-hybridized carbons (Fsp3) is 0.360. The molecule has 0 atom stereocenters. The van der Waals surface area contributed by atoms with E-state index in [0.717, 1.165) is 5.75 Å². The summed E-state index contributed by atoms with van der Waals surface area (Å²) in [4.78, 5) is 27.1. The predicted octanol–water partition coefficient (Wildman–Crippen LogP) is 3.39. The fourth-order valence-electron chi connectivity index (χ4n) is 3.64. The van der Waals surface area contributed by atoms with Gasteiger partial charge in [-0.15, -0.1) is 10.2 Å². The van der Waals surface area contributed by atoms with E-state index in [1.165, 1.54) is 17.3 Å². The van der Waals surface area contributed by atoms with Gasteiger partial charge in [-0.05, 0) is 44.2 Å². The number of rotatable bonds is 9. The monoisotopic (exact) mass is 495 g/mol. The molecule has 10 heteroatoms. The first-order valence-corrected chi connectivity index (χ1v) is 12.5. The van der Waals surface area contributed by atoms with Crippen molar-refractivity contribution >= 4 is 29.3 Å². The highest BCUT2D eigenvalue weighted by atomic mass is 32.2. The lowest BCUT2D eigenvalue weighted by molar-refractivity contribution is -0.113. The number of benzene rings is 2. The van der Waals surface area contributed by atoms with Crippen molar-refractivity contribution < 1.29 is 19.1 Å². The van der Waals surface area contributed by atoms with Crippen LogP contribution < -0.4 is 10.1 Å². The Kier molecular flexibility index (Phi) is 8.38. The summed E-state index contributed by atoms with van der Waals surface area (Å²) in [5, 5.41) is 12.0. The molecule has 0 aliphatic carbocycles. The molecule has 2 aromatic carbocycles. The zero-order valence-corrected chi connectivity index (χ0v) is 20.7. The van der Waals surface area contributed by atoms with E-state index in [0.29, 0.717) is 61.7 Å². The molecule has 1 saturated heterocycles. The highest BCUT2D eigenvalue weighted by Gasteiger charge is 2.19. The lowest BCUT2D eigenvalue weighted by Crippen LogP contribution is -2.40. The van der Waals surface area contributed by atoms with E-state index in [2.05, 4.69) is 15.5 Å². The van der Waals surface area contributed by atoms with Crippen LogP contribution >= 0.6 is 11.8 Å². The minimum Gasteiger partial charge on any atom is -0.486 e. The van der Waals surface area contributed by atoms with E-state index < -0.39 is 0 Å². The van der Waals surface area contributed by atoms with E-state index in [9.17, 15) is 9.59 Å². The van der Waals surface area contributed by atoms with Crippen LogP contribution in [0.3, 0.4) is 0 Å².